The van der Waals surface area contributed by atoms with Crippen molar-refractivity contribution in [3.63, 3.8) is 0 Å². The van der Waals surface area contributed by atoms with Crippen LogP contribution in [0.1, 0.15) is 12.5 Å². The molecule has 0 radical (unpaired) electrons. The van der Waals surface area contributed by atoms with E-state index in [2.05, 4.69) is 82.5 Å². The normalized spacial score (nSPS) is 19.4. The van der Waals surface area contributed by atoms with Gasteiger partial charge in [0.15, 0.2) is 5.96 Å². The van der Waals surface area contributed by atoms with Gasteiger partial charge in [-0.2, -0.15) is 0 Å². The summed E-state index contributed by atoms with van der Waals surface area (Å²) in [4.78, 5) is 11.6. The largest absolute Gasteiger partial charge is 0.370 e. The van der Waals surface area contributed by atoms with E-state index in [-0.39, 0.29) is 0 Å². The van der Waals surface area contributed by atoms with Gasteiger partial charge in [-0.3, -0.25) is 9.89 Å². The van der Waals surface area contributed by atoms with Gasteiger partial charge in [-0.15, -0.1) is 0 Å². The quantitative estimate of drug-likeness (QED) is 0.566. The molecule has 0 bridgehead atoms. The van der Waals surface area contributed by atoms with Gasteiger partial charge in [-0.25, -0.2) is 0 Å². The Bertz CT molecular complexity index is 573. The zero-order chi connectivity index (χ0) is 18.9. The van der Waals surface area contributed by atoms with Crippen LogP contribution in [0, 0.1) is 6.92 Å². The SMILES string of the molecule is CCN(CCNC(=NC)NCC1CN(C)CCN1C)c1cccc(C)c1. The lowest BCUT2D eigenvalue weighted by molar-refractivity contribution is 0.116. The van der Waals surface area contributed by atoms with Crippen LogP contribution in [0.15, 0.2) is 29.3 Å². The smallest absolute Gasteiger partial charge is 0.191 e. The Hall–Kier alpha value is -1.79. The number of aliphatic imine (C=N–C) groups is 1. The lowest BCUT2D eigenvalue weighted by atomic mass is 10.2. The number of hydrogen-bond acceptors (Lipinski definition) is 4. The van der Waals surface area contributed by atoms with Crippen molar-refractivity contribution in [1.82, 2.24) is 20.4 Å². The van der Waals surface area contributed by atoms with E-state index >= 15 is 0 Å². The maximum absolute atomic E-state index is 4.37. The molecule has 0 aliphatic carbocycles. The van der Waals surface area contributed by atoms with Gasteiger partial charge in [0.25, 0.3) is 0 Å². The predicted molar refractivity (Wildman–Crippen MR) is 112 cm³/mol. The number of aryl methyl sites for hydroxylation is 1. The predicted octanol–water partition coefficient (Wildman–Crippen LogP) is 1.23. The minimum Gasteiger partial charge on any atom is -0.370 e. The summed E-state index contributed by atoms with van der Waals surface area (Å²) in [5.74, 6) is 0.881. The molecule has 1 heterocycles. The van der Waals surface area contributed by atoms with Crippen molar-refractivity contribution < 1.29 is 0 Å². The van der Waals surface area contributed by atoms with Gasteiger partial charge < -0.3 is 20.4 Å². The summed E-state index contributed by atoms with van der Waals surface area (Å²) in [5, 5.41) is 6.93. The molecule has 2 N–H and O–H groups in total. The van der Waals surface area contributed by atoms with E-state index in [9.17, 15) is 0 Å². The van der Waals surface area contributed by atoms with Gasteiger partial charge >= 0.3 is 0 Å². The maximum atomic E-state index is 4.37. The summed E-state index contributed by atoms with van der Waals surface area (Å²) >= 11 is 0. The van der Waals surface area contributed by atoms with Gasteiger partial charge in [-0.05, 0) is 45.6 Å². The van der Waals surface area contributed by atoms with Crippen molar-refractivity contribution in [3.05, 3.63) is 29.8 Å². The summed E-state index contributed by atoms with van der Waals surface area (Å²) in [6, 6.07) is 9.21. The Morgan fingerprint density at radius 1 is 1.27 bits per heavy atom. The first-order valence-electron chi connectivity index (χ1n) is 9.68. The summed E-state index contributed by atoms with van der Waals surface area (Å²) in [7, 11) is 6.23. The van der Waals surface area contributed by atoms with Crippen molar-refractivity contribution in [1.29, 1.82) is 0 Å². The molecular weight excluding hydrogens is 324 g/mol. The molecule has 6 nitrogen and oxygen atoms in total. The fraction of sp³-hybridized carbons (Fsp3) is 0.650. The van der Waals surface area contributed by atoms with E-state index in [0.29, 0.717) is 6.04 Å². The third kappa shape index (κ3) is 6.18. The highest BCUT2D eigenvalue weighted by molar-refractivity contribution is 5.79. The van der Waals surface area contributed by atoms with E-state index in [0.717, 1.165) is 51.8 Å². The second-order valence-electron chi connectivity index (χ2n) is 7.20. The number of hydrogen-bond donors (Lipinski definition) is 2. The van der Waals surface area contributed by atoms with Gasteiger partial charge in [0.2, 0.25) is 0 Å². The first-order valence-corrected chi connectivity index (χ1v) is 9.68. The number of rotatable bonds is 7. The van der Waals surface area contributed by atoms with Crippen LogP contribution < -0.4 is 15.5 Å². The lowest BCUT2D eigenvalue weighted by Gasteiger charge is -2.38. The van der Waals surface area contributed by atoms with Crippen LogP contribution in [-0.4, -0.2) is 88.8 Å². The van der Waals surface area contributed by atoms with Crippen LogP contribution in [0.2, 0.25) is 0 Å². The van der Waals surface area contributed by atoms with Crippen molar-refractivity contribution in [2.75, 3.05) is 71.9 Å². The molecule has 0 spiro atoms. The number of nitrogens with zero attached hydrogens (tertiary/aromatic N) is 4. The number of benzene rings is 1. The number of anilines is 1. The van der Waals surface area contributed by atoms with Crippen LogP contribution in [0.5, 0.6) is 0 Å². The van der Waals surface area contributed by atoms with Gasteiger partial charge in [0.05, 0.1) is 0 Å². The molecule has 1 aliphatic rings. The fourth-order valence-corrected chi connectivity index (χ4v) is 3.36. The van der Waals surface area contributed by atoms with Crippen LogP contribution in [0.3, 0.4) is 0 Å². The third-order valence-electron chi connectivity index (χ3n) is 5.13. The molecule has 1 saturated heterocycles. The molecule has 146 valence electrons. The minimum atomic E-state index is 0.520. The van der Waals surface area contributed by atoms with E-state index < -0.39 is 0 Å². The van der Waals surface area contributed by atoms with Crippen molar-refractivity contribution in [2.24, 2.45) is 4.99 Å². The number of guanidine groups is 1. The molecule has 0 aromatic heterocycles. The van der Waals surface area contributed by atoms with Crippen LogP contribution in [0.4, 0.5) is 5.69 Å². The molecule has 1 unspecified atom stereocenters. The van der Waals surface area contributed by atoms with Gasteiger partial charge in [0, 0.05) is 64.6 Å². The molecule has 1 aliphatic heterocycles. The summed E-state index contributed by atoms with van der Waals surface area (Å²) in [6.07, 6.45) is 0. The van der Waals surface area contributed by atoms with Gasteiger partial charge in [-0.1, -0.05) is 12.1 Å². The zero-order valence-electron chi connectivity index (χ0n) is 17.1. The Morgan fingerprint density at radius 3 is 2.77 bits per heavy atom. The summed E-state index contributed by atoms with van der Waals surface area (Å²) in [6.45, 7) is 11.4. The van der Waals surface area contributed by atoms with E-state index in [1.165, 1.54) is 11.3 Å². The first kappa shape index (κ1) is 20.5. The monoisotopic (exact) mass is 360 g/mol. The van der Waals surface area contributed by atoms with E-state index in [1.54, 1.807) is 0 Å². The average Bonchev–Trinajstić information content (AvgIpc) is 2.64. The van der Waals surface area contributed by atoms with E-state index in [4.69, 9.17) is 0 Å². The zero-order valence-corrected chi connectivity index (χ0v) is 17.1. The average molecular weight is 361 g/mol. The van der Waals surface area contributed by atoms with Crippen molar-refractivity contribution in [2.45, 2.75) is 19.9 Å². The topological polar surface area (TPSA) is 46.1 Å². The molecule has 0 amide bonds. The summed E-state index contributed by atoms with van der Waals surface area (Å²) in [5.41, 5.74) is 2.58. The first-order chi connectivity index (χ1) is 12.5. The standard InChI is InChI=1S/C20H36N6/c1-6-26(18-9-7-8-17(2)14-18)11-10-22-20(21-3)23-15-19-16-24(4)12-13-25(19)5/h7-9,14,19H,6,10-13,15-16H2,1-5H3,(H2,21,22,23). The third-order valence-corrected chi connectivity index (χ3v) is 5.13. The van der Waals surface area contributed by atoms with E-state index in [1.807, 2.05) is 7.05 Å². The number of piperazine rings is 1. The Labute approximate surface area is 159 Å². The molecular formula is C20H36N6. The second kappa shape index (κ2) is 10.4. The van der Waals surface area contributed by atoms with Gasteiger partial charge in [0.1, 0.15) is 0 Å². The molecule has 1 fully saturated rings. The van der Waals surface area contributed by atoms with Crippen molar-refractivity contribution >= 4 is 11.6 Å². The summed E-state index contributed by atoms with van der Waals surface area (Å²) < 4.78 is 0. The number of likely N-dealkylation sites (N-methyl/N-ethyl adjacent to an activating group) is 3. The number of nitrogens with one attached hydrogen (secondary N) is 2. The molecule has 1 aromatic carbocycles. The highest BCUT2D eigenvalue weighted by Crippen LogP contribution is 2.14. The molecule has 26 heavy (non-hydrogen) atoms. The highest BCUT2D eigenvalue weighted by atomic mass is 15.3. The molecule has 1 aromatic rings. The van der Waals surface area contributed by atoms with Crippen LogP contribution in [-0.2, 0) is 0 Å². The maximum Gasteiger partial charge on any atom is 0.191 e. The Balaban J connectivity index is 1.77. The van der Waals surface area contributed by atoms with Crippen LogP contribution >= 0.6 is 0 Å². The molecule has 6 heteroatoms. The minimum absolute atomic E-state index is 0.520. The van der Waals surface area contributed by atoms with Crippen molar-refractivity contribution in [3.8, 4) is 0 Å². The Kier molecular flexibility index (Phi) is 8.19. The van der Waals surface area contributed by atoms with Crippen LogP contribution in [0.25, 0.3) is 0 Å². The molecule has 0 saturated carbocycles. The highest BCUT2D eigenvalue weighted by Gasteiger charge is 2.22. The lowest BCUT2D eigenvalue weighted by Crippen LogP contribution is -2.55. The Morgan fingerprint density at radius 2 is 2.08 bits per heavy atom. The second-order valence-corrected chi connectivity index (χ2v) is 7.20. The fourth-order valence-electron chi connectivity index (χ4n) is 3.36. The molecule has 2 rings (SSSR count). The molecule has 1 atom stereocenters.